The standard InChI is InChI=1S/C14H16ClN3O/c15-12-9-5-3-1-2-4-8(9)6-10(13(12)19)11-7-17-18-14(11)16/h6-7,19H,1-5H2,(H3,16,17,18). The predicted octanol–water partition coefficient (Wildman–Crippen LogP) is 3.29. The number of hydrogen-bond donors (Lipinski definition) is 3. The fraction of sp³-hybridized carbons (Fsp3) is 0.357. The molecule has 0 unspecified atom stereocenters. The molecule has 0 saturated carbocycles. The third-order valence-electron chi connectivity index (χ3n) is 3.77. The number of phenols is 1. The first-order valence-electron chi connectivity index (χ1n) is 6.51. The molecular formula is C14H16ClN3O. The average molecular weight is 278 g/mol. The molecule has 1 aliphatic rings. The van der Waals surface area contributed by atoms with Crippen molar-refractivity contribution in [1.82, 2.24) is 10.2 Å². The van der Waals surface area contributed by atoms with Crippen molar-refractivity contribution in [2.75, 3.05) is 5.73 Å². The maximum absolute atomic E-state index is 10.3. The number of aromatic hydroxyl groups is 1. The summed E-state index contributed by atoms with van der Waals surface area (Å²) < 4.78 is 0. The Morgan fingerprint density at radius 1 is 1.21 bits per heavy atom. The van der Waals surface area contributed by atoms with Crippen LogP contribution in [0.2, 0.25) is 5.02 Å². The number of rotatable bonds is 1. The van der Waals surface area contributed by atoms with Crippen molar-refractivity contribution in [3.63, 3.8) is 0 Å². The summed E-state index contributed by atoms with van der Waals surface area (Å²) in [5.41, 5.74) is 9.49. The summed E-state index contributed by atoms with van der Waals surface area (Å²) in [6.07, 6.45) is 7.04. The van der Waals surface area contributed by atoms with Crippen LogP contribution in [0.5, 0.6) is 5.75 Å². The van der Waals surface area contributed by atoms with Crippen molar-refractivity contribution >= 4 is 17.4 Å². The second-order valence-corrected chi connectivity index (χ2v) is 5.36. The van der Waals surface area contributed by atoms with Gasteiger partial charge in [-0.05, 0) is 42.9 Å². The predicted molar refractivity (Wildman–Crippen MR) is 76.4 cm³/mol. The zero-order valence-electron chi connectivity index (χ0n) is 10.5. The molecule has 1 aromatic heterocycles. The number of nitrogens with zero attached hydrogens (tertiary/aromatic N) is 1. The Labute approximate surface area is 116 Å². The summed E-state index contributed by atoms with van der Waals surface area (Å²) in [7, 11) is 0. The molecule has 19 heavy (non-hydrogen) atoms. The van der Waals surface area contributed by atoms with Gasteiger partial charge in [0.15, 0.2) is 0 Å². The minimum atomic E-state index is 0.107. The lowest BCUT2D eigenvalue weighted by Gasteiger charge is -2.14. The first-order valence-corrected chi connectivity index (χ1v) is 6.88. The summed E-state index contributed by atoms with van der Waals surface area (Å²) in [5, 5.41) is 17.4. The van der Waals surface area contributed by atoms with E-state index in [-0.39, 0.29) is 5.75 Å². The minimum Gasteiger partial charge on any atom is -0.506 e. The van der Waals surface area contributed by atoms with E-state index in [0.29, 0.717) is 22.0 Å². The van der Waals surface area contributed by atoms with Crippen molar-refractivity contribution in [3.05, 3.63) is 28.4 Å². The number of nitrogens with two attached hydrogens (primary N) is 1. The molecule has 1 aromatic carbocycles. The first kappa shape index (κ1) is 12.4. The highest BCUT2D eigenvalue weighted by atomic mass is 35.5. The van der Waals surface area contributed by atoms with Crippen molar-refractivity contribution in [1.29, 1.82) is 0 Å². The molecule has 0 spiro atoms. The molecule has 4 nitrogen and oxygen atoms in total. The van der Waals surface area contributed by atoms with Crippen molar-refractivity contribution in [3.8, 4) is 16.9 Å². The van der Waals surface area contributed by atoms with Gasteiger partial charge in [-0.15, -0.1) is 0 Å². The van der Waals surface area contributed by atoms with Crippen LogP contribution >= 0.6 is 11.6 Å². The Hall–Kier alpha value is -1.68. The van der Waals surface area contributed by atoms with Gasteiger partial charge in [-0.1, -0.05) is 18.0 Å². The Kier molecular flexibility index (Phi) is 3.11. The number of benzene rings is 1. The summed E-state index contributed by atoms with van der Waals surface area (Å²) >= 11 is 6.34. The smallest absolute Gasteiger partial charge is 0.142 e. The second kappa shape index (κ2) is 4.78. The molecule has 0 bridgehead atoms. The number of nitrogen functional groups attached to an aromatic ring is 1. The monoisotopic (exact) mass is 277 g/mol. The number of H-pyrrole nitrogens is 1. The highest BCUT2D eigenvalue weighted by Crippen LogP contribution is 2.42. The minimum absolute atomic E-state index is 0.107. The SMILES string of the molecule is Nc1[nH]ncc1-c1cc2c(c(Cl)c1O)CCCCC2. The van der Waals surface area contributed by atoms with Crippen molar-refractivity contribution in [2.45, 2.75) is 32.1 Å². The van der Waals surface area contributed by atoms with Crippen LogP contribution in [0, 0.1) is 0 Å². The summed E-state index contributed by atoms with van der Waals surface area (Å²) in [4.78, 5) is 0. The van der Waals surface area contributed by atoms with Crippen molar-refractivity contribution < 1.29 is 5.11 Å². The highest BCUT2D eigenvalue weighted by Gasteiger charge is 2.20. The molecule has 0 saturated heterocycles. The van der Waals surface area contributed by atoms with E-state index in [1.54, 1.807) is 6.20 Å². The van der Waals surface area contributed by atoms with Crippen LogP contribution in [0.4, 0.5) is 5.82 Å². The normalized spacial score (nSPS) is 15.0. The van der Waals surface area contributed by atoms with Crippen LogP contribution in [0.25, 0.3) is 11.1 Å². The number of fused-ring (bicyclic) bond motifs is 1. The van der Waals surface area contributed by atoms with Gasteiger partial charge >= 0.3 is 0 Å². The van der Waals surface area contributed by atoms with Gasteiger partial charge in [-0.3, -0.25) is 5.10 Å². The quantitative estimate of drug-likeness (QED) is 0.700. The largest absolute Gasteiger partial charge is 0.506 e. The third kappa shape index (κ3) is 2.06. The van der Waals surface area contributed by atoms with Gasteiger partial charge < -0.3 is 10.8 Å². The number of hydrogen-bond acceptors (Lipinski definition) is 3. The number of phenolic OH excluding ortho intramolecular Hbond substituents is 1. The molecule has 0 radical (unpaired) electrons. The number of aromatic nitrogens is 2. The lowest BCUT2D eigenvalue weighted by molar-refractivity contribution is 0.476. The van der Waals surface area contributed by atoms with Crippen LogP contribution in [0.3, 0.4) is 0 Å². The Balaban J connectivity index is 2.19. The maximum Gasteiger partial charge on any atom is 0.142 e. The number of halogens is 1. The Morgan fingerprint density at radius 2 is 2.00 bits per heavy atom. The summed E-state index contributed by atoms with van der Waals surface area (Å²) in [5.74, 6) is 0.551. The molecule has 3 rings (SSSR count). The van der Waals surface area contributed by atoms with Gasteiger partial charge in [-0.2, -0.15) is 5.10 Å². The Bertz CT molecular complexity index is 621. The molecule has 0 amide bonds. The zero-order valence-corrected chi connectivity index (χ0v) is 11.3. The molecule has 0 fully saturated rings. The van der Waals surface area contributed by atoms with E-state index in [9.17, 15) is 5.11 Å². The summed E-state index contributed by atoms with van der Waals surface area (Å²) in [6.45, 7) is 0. The van der Waals surface area contributed by atoms with Crippen LogP contribution in [0.15, 0.2) is 12.3 Å². The molecule has 1 aliphatic carbocycles. The number of anilines is 1. The highest BCUT2D eigenvalue weighted by molar-refractivity contribution is 6.33. The van der Waals surface area contributed by atoms with E-state index in [2.05, 4.69) is 10.2 Å². The maximum atomic E-state index is 10.3. The Morgan fingerprint density at radius 3 is 2.74 bits per heavy atom. The van der Waals surface area contributed by atoms with Gasteiger partial charge in [0, 0.05) is 11.1 Å². The molecule has 2 aromatic rings. The molecule has 100 valence electrons. The third-order valence-corrected chi connectivity index (χ3v) is 4.17. The molecule has 4 N–H and O–H groups in total. The number of aryl methyl sites for hydroxylation is 1. The molecule has 5 heteroatoms. The number of nitrogens with one attached hydrogen (secondary N) is 1. The average Bonchev–Trinajstić information content (AvgIpc) is 2.68. The first-order chi connectivity index (χ1) is 9.18. The zero-order chi connectivity index (χ0) is 13.4. The van der Waals surface area contributed by atoms with E-state index >= 15 is 0 Å². The van der Waals surface area contributed by atoms with Crippen LogP contribution in [-0.2, 0) is 12.8 Å². The lowest BCUT2D eigenvalue weighted by Crippen LogP contribution is -1.96. The summed E-state index contributed by atoms with van der Waals surface area (Å²) in [6, 6.07) is 2.00. The van der Waals surface area contributed by atoms with Gasteiger partial charge in [-0.25, -0.2) is 0 Å². The van der Waals surface area contributed by atoms with E-state index in [0.717, 1.165) is 31.2 Å². The van der Waals surface area contributed by atoms with Gasteiger partial charge in [0.1, 0.15) is 11.6 Å². The topological polar surface area (TPSA) is 74.9 Å². The number of aromatic amines is 1. The van der Waals surface area contributed by atoms with Crippen LogP contribution in [-0.4, -0.2) is 15.3 Å². The van der Waals surface area contributed by atoms with E-state index in [4.69, 9.17) is 17.3 Å². The fourth-order valence-electron chi connectivity index (χ4n) is 2.74. The fourth-order valence-corrected chi connectivity index (χ4v) is 3.05. The van der Waals surface area contributed by atoms with Gasteiger partial charge in [0.25, 0.3) is 0 Å². The second-order valence-electron chi connectivity index (χ2n) is 4.98. The van der Waals surface area contributed by atoms with Gasteiger partial charge in [0.05, 0.1) is 11.2 Å². The molecule has 1 heterocycles. The van der Waals surface area contributed by atoms with Crippen molar-refractivity contribution in [2.24, 2.45) is 0 Å². The van der Waals surface area contributed by atoms with E-state index in [1.807, 2.05) is 6.07 Å². The van der Waals surface area contributed by atoms with E-state index < -0.39 is 0 Å². The lowest BCUT2D eigenvalue weighted by atomic mass is 9.96. The van der Waals surface area contributed by atoms with Crippen LogP contribution in [0.1, 0.15) is 30.4 Å². The van der Waals surface area contributed by atoms with E-state index in [1.165, 1.54) is 12.0 Å². The molecular weight excluding hydrogens is 262 g/mol. The van der Waals surface area contributed by atoms with Gasteiger partial charge in [0.2, 0.25) is 0 Å². The van der Waals surface area contributed by atoms with Crippen LogP contribution < -0.4 is 5.73 Å². The molecule has 0 aliphatic heterocycles. The molecule has 0 atom stereocenters.